The van der Waals surface area contributed by atoms with Gasteiger partial charge in [0.15, 0.2) is 6.29 Å². The first-order valence-corrected chi connectivity index (χ1v) is 6.41. The molecule has 0 bridgehead atoms. The maximum Gasteiger partial charge on any atom is 0.412 e. The summed E-state index contributed by atoms with van der Waals surface area (Å²) in [6.45, 7) is 5.23. The summed E-state index contributed by atoms with van der Waals surface area (Å²) in [4.78, 5) is 19.8. The number of fused-ring (bicyclic) bond motifs is 1. The van der Waals surface area contributed by atoms with Gasteiger partial charge >= 0.3 is 6.09 Å². The first kappa shape index (κ1) is 15.2. The van der Waals surface area contributed by atoms with Gasteiger partial charge in [0, 0.05) is 12.4 Å². The van der Waals surface area contributed by atoms with Gasteiger partial charge in [-0.05, 0) is 20.8 Å². The number of rotatable bonds is 3. The van der Waals surface area contributed by atoms with Crippen molar-refractivity contribution in [1.82, 2.24) is 14.5 Å². The Morgan fingerprint density at radius 3 is 2.81 bits per heavy atom. The summed E-state index contributed by atoms with van der Waals surface area (Å²) >= 11 is 0. The molecular weight excluding hydrogens is 276 g/mol. The molecule has 0 spiro atoms. The molecule has 2 aromatic heterocycles. The molecule has 8 nitrogen and oxygen atoms in total. The van der Waals surface area contributed by atoms with E-state index < -0.39 is 18.0 Å². The van der Waals surface area contributed by atoms with Gasteiger partial charge in [-0.2, -0.15) is 0 Å². The van der Waals surface area contributed by atoms with Crippen LogP contribution in [0.1, 0.15) is 20.8 Å². The topological polar surface area (TPSA) is 110 Å². The molecule has 0 atom stereocenters. The fourth-order valence-electron chi connectivity index (χ4n) is 1.86. The van der Waals surface area contributed by atoms with Crippen LogP contribution >= 0.6 is 0 Å². The SMILES string of the molecule is CC(C)(C)OC(=O)Nc1cn(CC(O)O)c2ncncc12. The molecule has 114 valence electrons. The molecule has 2 rings (SSSR count). The number of carbonyl (C=O) groups excluding carboxylic acids is 1. The molecule has 0 saturated heterocycles. The molecule has 1 amide bonds. The van der Waals surface area contributed by atoms with Gasteiger partial charge in [-0.1, -0.05) is 0 Å². The van der Waals surface area contributed by atoms with Gasteiger partial charge in [0.1, 0.15) is 17.6 Å². The third-order valence-corrected chi connectivity index (χ3v) is 2.53. The van der Waals surface area contributed by atoms with E-state index in [-0.39, 0.29) is 6.54 Å². The highest BCUT2D eigenvalue weighted by Gasteiger charge is 2.19. The van der Waals surface area contributed by atoms with E-state index in [1.165, 1.54) is 17.1 Å². The summed E-state index contributed by atoms with van der Waals surface area (Å²) in [5.41, 5.74) is 0.324. The summed E-state index contributed by atoms with van der Waals surface area (Å²) in [5, 5.41) is 21.4. The van der Waals surface area contributed by atoms with Gasteiger partial charge in [-0.15, -0.1) is 0 Å². The van der Waals surface area contributed by atoms with Crippen LogP contribution in [-0.4, -0.2) is 42.7 Å². The summed E-state index contributed by atoms with van der Waals surface area (Å²) in [7, 11) is 0. The molecule has 0 aliphatic heterocycles. The summed E-state index contributed by atoms with van der Waals surface area (Å²) in [6.07, 6.45) is 2.32. The van der Waals surface area contributed by atoms with Crippen molar-refractivity contribution in [2.75, 3.05) is 5.32 Å². The Labute approximate surface area is 121 Å². The van der Waals surface area contributed by atoms with Crippen molar-refractivity contribution in [1.29, 1.82) is 0 Å². The van der Waals surface area contributed by atoms with E-state index in [0.29, 0.717) is 16.7 Å². The zero-order valence-electron chi connectivity index (χ0n) is 12.1. The van der Waals surface area contributed by atoms with Crippen LogP contribution in [0.25, 0.3) is 11.0 Å². The van der Waals surface area contributed by atoms with E-state index >= 15 is 0 Å². The zero-order chi connectivity index (χ0) is 15.6. The molecule has 0 fully saturated rings. The molecule has 0 aliphatic rings. The van der Waals surface area contributed by atoms with Crippen LogP contribution < -0.4 is 5.32 Å². The van der Waals surface area contributed by atoms with Gasteiger partial charge in [0.25, 0.3) is 0 Å². The number of ether oxygens (including phenoxy) is 1. The fourth-order valence-corrected chi connectivity index (χ4v) is 1.86. The molecular formula is C13H18N4O4. The van der Waals surface area contributed by atoms with Gasteiger partial charge in [0.2, 0.25) is 0 Å². The Balaban J connectivity index is 2.29. The van der Waals surface area contributed by atoms with Gasteiger partial charge in [-0.3, -0.25) is 5.32 Å². The number of nitrogens with zero attached hydrogens (tertiary/aromatic N) is 3. The largest absolute Gasteiger partial charge is 0.444 e. The van der Waals surface area contributed by atoms with Crippen molar-refractivity contribution in [2.45, 2.75) is 39.2 Å². The second-order valence-corrected chi connectivity index (χ2v) is 5.56. The van der Waals surface area contributed by atoms with E-state index in [9.17, 15) is 4.79 Å². The quantitative estimate of drug-likeness (QED) is 0.731. The lowest BCUT2D eigenvalue weighted by molar-refractivity contribution is -0.0505. The molecule has 2 heterocycles. The Hall–Kier alpha value is -2.19. The predicted molar refractivity (Wildman–Crippen MR) is 75.6 cm³/mol. The highest BCUT2D eigenvalue weighted by Crippen LogP contribution is 2.24. The minimum Gasteiger partial charge on any atom is -0.444 e. The Kier molecular flexibility index (Phi) is 4.10. The molecule has 21 heavy (non-hydrogen) atoms. The second-order valence-electron chi connectivity index (χ2n) is 5.56. The molecule has 0 saturated carbocycles. The van der Waals surface area contributed by atoms with Crippen molar-refractivity contribution in [3.63, 3.8) is 0 Å². The normalized spacial score (nSPS) is 11.9. The molecule has 8 heteroatoms. The van der Waals surface area contributed by atoms with Crippen molar-refractivity contribution in [2.24, 2.45) is 0 Å². The highest BCUT2D eigenvalue weighted by molar-refractivity contribution is 5.98. The molecule has 0 unspecified atom stereocenters. The first-order valence-electron chi connectivity index (χ1n) is 6.41. The van der Waals surface area contributed by atoms with Gasteiger partial charge < -0.3 is 19.5 Å². The number of aliphatic hydroxyl groups is 2. The Morgan fingerprint density at radius 2 is 2.19 bits per heavy atom. The molecule has 0 aliphatic carbocycles. The fraction of sp³-hybridized carbons (Fsp3) is 0.462. The molecule has 3 N–H and O–H groups in total. The number of aliphatic hydroxyl groups excluding tert-OH is 1. The summed E-state index contributed by atoms with van der Waals surface area (Å²) in [6, 6.07) is 0. The van der Waals surface area contributed by atoms with E-state index in [0.717, 1.165) is 0 Å². The number of hydrogen-bond donors (Lipinski definition) is 3. The number of nitrogens with one attached hydrogen (secondary N) is 1. The highest BCUT2D eigenvalue weighted by atomic mass is 16.6. The minimum atomic E-state index is -1.52. The second kappa shape index (κ2) is 5.66. The maximum atomic E-state index is 11.8. The summed E-state index contributed by atoms with van der Waals surface area (Å²) in [5.74, 6) is 0. The predicted octanol–water partition coefficient (Wildman–Crippen LogP) is 1.09. The van der Waals surface area contributed by atoms with Crippen molar-refractivity contribution in [3.05, 3.63) is 18.7 Å². The third-order valence-electron chi connectivity index (χ3n) is 2.53. The number of amides is 1. The lowest BCUT2D eigenvalue weighted by Crippen LogP contribution is -2.27. The van der Waals surface area contributed by atoms with Crippen LogP contribution in [-0.2, 0) is 11.3 Å². The van der Waals surface area contributed by atoms with E-state index in [1.54, 1.807) is 27.0 Å². The monoisotopic (exact) mass is 294 g/mol. The first-order chi connectivity index (χ1) is 9.76. The average Bonchev–Trinajstić information content (AvgIpc) is 2.65. The van der Waals surface area contributed by atoms with Crippen LogP contribution in [0.3, 0.4) is 0 Å². The maximum absolute atomic E-state index is 11.8. The lowest BCUT2D eigenvalue weighted by Gasteiger charge is -2.19. The average molecular weight is 294 g/mol. The molecule has 2 aromatic rings. The number of hydrogen-bond acceptors (Lipinski definition) is 6. The number of aromatic nitrogens is 3. The smallest absolute Gasteiger partial charge is 0.412 e. The molecule has 0 radical (unpaired) electrons. The number of anilines is 1. The van der Waals surface area contributed by atoms with Crippen LogP contribution in [0.5, 0.6) is 0 Å². The summed E-state index contributed by atoms with van der Waals surface area (Å²) < 4.78 is 6.70. The van der Waals surface area contributed by atoms with Crippen molar-refractivity contribution >= 4 is 22.8 Å². The lowest BCUT2D eigenvalue weighted by atomic mass is 10.2. The minimum absolute atomic E-state index is 0.0660. The Morgan fingerprint density at radius 1 is 1.48 bits per heavy atom. The molecule has 0 aromatic carbocycles. The van der Waals surface area contributed by atoms with Crippen LogP contribution in [0, 0.1) is 0 Å². The van der Waals surface area contributed by atoms with Crippen LogP contribution in [0.15, 0.2) is 18.7 Å². The standard InChI is InChI=1S/C13H18N4O4/c1-13(2,3)21-12(20)16-9-5-17(6-10(18)19)11-8(9)4-14-7-15-11/h4-5,7,10,18-19H,6H2,1-3H3,(H,16,20). The van der Waals surface area contributed by atoms with Crippen molar-refractivity contribution < 1.29 is 19.7 Å². The van der Waals surface area contributed by atoms with Crippen molar-refractivity contribution in [3.8, 4) is 0 Å². The van der Waals surface area contributed by atoms with Crippen LogP contribution in [0.2, 0.25) is 0 Å². The van der Waals surface area contributed by atoms with Gasteiger partial charge in [-0.25, -0.2) is 14.8 Å². The third kappa shape index (κ3) is 3.89. The number of carbonyl (C=O) groups is 1. The van der Waals surface area contributed by atoms with Crippen LogP contribution in [0.4, 0.5) is 10.5 Å². The van der Waals surface area contributed by atoms with E-state index in [4.69, 9.17) is 14.9 Å². The zero-order valence-corrected chi connectivity index (χ0v) is 12.1. The Bertz CT molecular complexity index is 645. The van der Waals surface area contributed by atoms with E-state index in [1.807, 2.05) is 0 Å². The van der Waals surface area contributed by atoms with E-state index in [2.05, 4.69) is 15.3 Å². The van der Waals surface area contributed by atoms with Gasteiger partial charge in [0.05, 0.1) is 17.6 Å².